The number of ether oxygens (including phenoxy) is 1. The fourth-order valence-corrected chi connectivity index (χ4v) is 2.35. The largest absolute Gasteiger partial charge is 0.458 e. The van der Waals surface area contributed by atoms with Gasteiger partial charge in [0, 0.05) is 0 Å². The Labute approximate surface area is 112 Å². The normalized spacial score (nSPS) is 14.6. The molecule has 2 aromatic rings. The van der Waals surface area contributed by atoms with Crippen molar-refractivity contribution in [1.29, 1.82) is 0 Å². The van der Waals surface area contributed by atoms with Crippen molar-refractivity contribution in [3.8, 4) is 0 Å². The lowest BCUT2D eigenvalue weighted by Crippen LogP contribution is -1.98. The van der Waals surface area contributed by atoms with E-state index in [4.69, 9.17) is 4.74 Å². The second kappa shape index (κ2) is 5.11. The monoisotopic (exact) mass is 250 g/mol. The standard InChI is InChI=1S/C17H14O2/c18-17-16(14-9-5-2-6-10-14)15(12-19-17)11-13-7-3-1-4-8-13/h1-10H,11-12H2. The number of hydrogen-bond donors (Lipinski definition) is 0. The van der Waals surface area contributed by atoms with E-state index in [-0.39, 0.29) is 5.97 Å². The minimum atomic E-state index is -0.211. The summed E-state index contributed by atoms with van der Waals surface area (Å²) in [5.74, 6) is -0.211. The minimum absolute atomic E-state index is 0.211. The van der Waals surface area contributed by atoms with Crippen LogP contribution in [-0.2, 0) is 16.0 Å². The van der Waals surface area contributed by atoms with Crippen molar-refractivity contribution >= 4 is 11.5 Å². The fraction of sp³-hybridized carbons (Fsp3) is 0.118. The van der Waals surface area contributed by atoms with Crippen LogP contribution < -0.4 is 0 Å². The molecule has 0 fully saturated rings. The Hall–Kier alpha value is -2.35. The molecule has 0 spiro atoms. The lowest BCUT2D eigenvalue weighted by Gasteiger charge is -2.04. The first kappa shape index (κ1) is 11.7. The number of benzene rings is 2. The molecule has 3 rings (SSSR count). The van der Waals surface area contributed by atoms with Crippen molar-refractivity contribution in [3.05, 3.63) is 77.4 Å². The van der Waals surface area contributed by atoms with E-state index < -0.39 is 0 Å². The molecule has 1 aliphatic heterocycles. The third-order valence-electron chi connectivity index (χ3n) is 3.26. The molecule has 0 aromatic heterocycles. The summed E-state index contributed by atoms with van der Waals surface area (Å²) in [6.07, 6.45) is 0.761. The van der Waals surface area contributed by atoms with Gasteiger partial charge in [0.2, 0.25) is 0 Å². The van der Waals surface area contributed by atoms with Gasteiger partial charge in [-0.15, -0.1) is 0 Å². The highest BCUT2D eigenvalue weighted by Gasteiger charge is 2.25. The molecule has 0 N–H and O–H groups in total. The van der Waals surface area contributed by atoms with E-state index in [1.54, 1.807) is 0 Å². The lowest BCUT2D eigenvalue weighted by molar-refractivity contribution is -0.134. The Morgan fingerprint density at radius 1 is 0.895 bits per heavy atom. The molecule has 0 radical (unpaired) electrons. The molecule has 0 saturated carbocycles. The molecule has 0 amide bonds. The summed E-state index contributed by atoms with van der Waals surface area (Å²) >= 11 is 0. The Morgan fingerprint density at radius 2 is 1.53 bits per heavy atom. The number of esters is 1. The molecule has 2 aromatic carbocycles. The molecule has 0 saturated heterocycles. The maximum Gasteiger partial charge on any atom is 0.339 e. The van der Waals surface area contributed by atoms with E-state index in [2.05, 4.69) is 12.1 Å². The van der Waals surface area contributed by atoms with Crippen molar-refractivity contribution < 1.29 is 9.53 Å². The summed E-state index contributed by atoms with van der Waals surface area (Å²) in [4.78, 5) is 11.9. The lowest BCUT2D eigenvalue weighted by atomic mass is 9.97. The van der Waals surface area contributed by atoms with Gasteiger partial charge in [0.1, 0.15) is 6.61 Å². The van der Waals surface area contributed by atoms with Gasteiger partial charge in [0.25, 0.3) is 0 Å². The van der Waals surface area contributed by atoms with E-state index in [1.165, 1.54) is 5.56 Å². The van der Waals surface area contributed by atoms with Crippen molar-refractivity contribution in [2.24, 2.45) is 0 Å². The first-order valence-electron chi connectivity index (χ1n) is 6.33. The van der Waals surface area contributed by atoms with Gasteiger partial charge in [-0.05, 0) is 23.1 Å². The molecule has 2 nitrogen and oxygen atoms in total. The Kier molecular flexibility index (Phi) is 3.15. The van der Waals surface area contributed by atoms with Crippen LogP contribution in [0, 0.1) is 0 Å². The summed E-state index contributed by atoms with van der Waals surface area (Å²) in [6, 6.07) is 19.9. The highest BCUT2D eigenvalue weighted by Crippen LogP contribution is 2.28. The number of hydrogen-bond acceptors (Lipinski definition) is 2. The average molecular weight is 250 g/mol. The topological polar surface area (TPSA) is 26.3 Å². The molecule has 0 unspecified atom stereocenters. The molecule has 0 bridgehead atoms. The fourth-order valence-electron chi connectivity index (χ4n) is 2.35. The summed E-state index contributed by atoms with van der Waals surface area (Å²) < 4.78 is 5.19. The van der Waals surface area contributed by atoms with Gasteiger partial charge in [0.15, 0.2) is 0 Å². The van der Waals surface area contributed by atoms with Crippen LogP contribution in [0.15, 0.2) is 66.2 Å². The van der Waals surface area contributed by atoms with E-state index in [1.807, 2.05) is 48.5 Å². The van der Waals surface area contributed by atoms with Crippen LogP contribution in [0.3, 0.4) is 0 Å². The second-order valence-corrected chi connectivity index (χ2v) is 4.58. The van der Waals surface area contributed by atoms with Crippen LogP contribution in [0.4, 0.5) is 0 Å². The molecule has 94 valence electrons. The molecule has 2 heteroatoms. The number of rotatable bonds is 3. The van der Waals surface area contributed by atoms with Gasteiger partial charge in [-0.3, -0.25) is 0 Å². The van der Waals surface area contributed by atoms with Gasteiger partial charge < -0.3 is 4.74 Å². The van der Waals surface area contributed by atoms with Crippen molar-refractivity contribution in [3.63, 3.8) is 0 Å². The highest BCUT2D eigenvalue weighted by atomic mass is 16.5. The van der Waals surface area contributed by atoms with E-state index in [0.29, 0.717) is 6.61 Å². The molecule has 1 heterocycles. The number of cyclic esters (lactones) is 1. The third-order valence-corrected chi connectivity index (χ3v) is 3.26. The first-order valence-corrected chi connectivity index (χ1v) is 6.33. The van der Waals surface area contributed by atoms with Gasteiger partial charge in [-0.2, -0.15) is 0 Å². The zero-order valence-electron chi connectivity index (χ0n) is 10.5. The van der Waals surface area contributed by atoms with Gasteiger partial charge in [-0.1, -0.05) is 60.7 Å². The molecule has 0 atom stereocenters. The Balaban J connectivity index is 1.97. The highest BCUT2D eigenvalue weighted by molar-refractivity contribution is 6.19. The molecule has 19 heavy (non-hydrogen) atoms. The zero-order chi connectivity index (χ0) is 13.1. The quantitative estimate of drug-likeness (QED) is 0.782. The van der Waals surface area contributed by atoms with Crippen LogP contribution in [0.25, 0.3) is 5.57 Å². The number of carbonyl (C=O) groups excluding carboxylic acids is 1. The molecular formula is C17H14O2. The van der Waals surface area contributed by atoms with Crippen molar-refractivity contribution in [1.82, 2.24) is 0 Å². The predicted molar refractivity (Wildman–Crippen MR) is 74.5 cm³/mol. The average Bonchev–Trinajstić information content (AvgIpc) is 2.82. The maximum atomic E-state index is 11.9. The Bertz CT molecular complexity index is 612. The summed E-state index contributed by atoms with van der Waals surface area (Å²) in [5.41, 5.74) is 3.92. The molecular weight excluding hydrogens is 236 g/mol. The third kappa shape index (κ3) is 2.43. The predicted octanol–water partition coefficient (Wildman–Crippen LogP) is 3.24. The molecule has 0 aliphatic carbocycles. The van der Waals surface area contributed by atoms with Crippen molar-refractivity contribution in [2.45, 2.75) is 6.42 Å². The van der Waals surface area contributed by atoms with Crippen LogP contribution >= 0.6 is 0 Å². The second-order valence-electron chi connectivity index (χ2n) is 4.58. The van der Waals surface area contributed by atoms with E-state index in [0.717, 1.165) is 23.1 Å². The van der Waals surface area contributed by atoms with E-state index >= 15 is 0 Å². The van der Waals surface area contributed by atoms with Crippen molar-refractivity contribution in [2.75, 3.05) is 6.61 Å². The van der Waals surface area contributed by atoms with Crippen LogP contribution in [0.5, 0.6) is 0 Å². The van der Waals surface area contributed by atoms with Gasteiger partial charge in [0.05, 0.1) is 5.57 Å². The zero-order valence-corrected chi connectivity index (χ0v) is 10.5. The minimum Gasteiger partial charge on any atom is -0.458 e. The van der Waals surface area contributed by atoms with Crippen LogP contribution in [0.1, 0.15) is 11.1 Å². The first-order chi connectivity index (χ1) is 9.34. The van der Waals surface area contributed by atoms with Crippen LogP contribution in [-0.4, -0.2) is 12.6 Å². The summed E-state index contributed by atoms with van der Waals surface area (Å²) in [7, 11) is 0. The maximum absolute atomic E-state index is 11.9. The molecule has 1 aliphatic rings. The Morgan fingerprint density at radius 3 is 2.21 bits per heavy atom. The number of carbonyl (C=O) groups is 1. The smallest absolute Gasteiger partial charge is 0.339 e. The SMILES string of the molecule is O=C1OCC(Cc2ccccc2)=C1c1ccccc1. The van der Waals surface area contributed by atoms with Gasteiger partial charge >= 0.3 is 5.97 Å². The summed E-state index contributed by atoms with van der Waals surface area (Å²) in [5, 5.41) is 0. The van der Waals surface area contributed by atoms with E-state index in [9.17, 15) is 4.79 Å². The van der Waals surface area contributed by atoms with Gasteiger partial charge in [-0.25, -0.2) is 4.79 Å². The van der Waals surface area contributed by atoms with Crippen LogP contribution in [0.2, 0.25) is 0 Å². The summed E-state index contributed by atoms with van der Waals surface area (Å²) in [6.45, 7) is 0.401.